The zero-order chi connectivity index (χ0) is 16.1. The lowest BCUT2D eigenvalue weighted by Gasteiger charge is -2.38. The molecule has 1 unspecified atom stereocenters. The Balaban J connectivity index is 1.96. The molecule has 2 rings (SSSR count). The van der Waals surface area contributed by atoms with E-state index in [2.05, 4.69) is 9.80 Å². The van der Waals surface area contributed by atoms with Crippen molar-refractivity contribution in [2.45, 2.75) is 32.7 Å². The summed E-state index contributed by atoms with van der Waals surface area (Å²) >= 11 is 0. The van der Waals surface area contributed by atoms with Gasteiger partial charge < -0.3 is 10.0 Å². The van der Waals surface area contributed by atoms with Crippen LogP contribution in [0.5, 0.6) is 0 Å². The van der Waals surface area contributed by atoms with Crippen LogP contribution in [0.25, 0.3) is 0 Å². The molecule has 1 fully saturated rings. The molecular formula is C17H24N2O3. The lowest BCUT2D eigenvalue weighted by molar-refractivity contribution is -0.143. The normalized spacial score (nSPS) is 17.3. The van der Waals surface area contributed by atoms with Crippen molar-refractivity contribution >= 4 is 17.4 Å². The molecule has 1 heterocycles. The molecule has 0 aliphatic carbocycles. The number of ketones is 1. The predicted octanol–water partition coefficient (Wildman–Crippen LogP) is 2.26. The molecule has 0 radical (unpaired) electrons. The molecule has 5 heteroatoms. The second-order valence-corrected chi connectivity index (χ2v) is 5.77. The largest absolute Gasteiger partial charge is 0.480 e. The highest BCUT2D eigenvalue weighted by molar-refractivity contribution is 5.94. The fraction of sp³-hybridized carbons (Fsp3) is 0.529. The van der Waals surface area contributed by atoms with Crippen LogP contribution in [0.4, 0.5) is 5.69 Å². The van der Waals surface area contributed by atoms with E-state index in [0.717, 1.165) is 43.9 Å². The molecule has 0 aromatic heterocycles. The maximum Gasteiger partial charge on any atom is 0.320 e. The zero-order valence-corrected chi connectivity index (χ0v) is 13.3. The fourth-order valence-electron chi connectivity index (χ4n) is 2.93. The van der Waals surface area contributed by atoms with Crippen molar-refractivity contribution in [3.05, 3.63) is 29.8 Å². The summed E-state index contributed by atoms with van der Waals surface area (Å²) in [5.41, 5.74) is 1.81. The van der Waals surface area contributed by atoms with E-state index in [1.54, 1.807) is 6.92 Å². The summed E-state index contributed by atoms with van der Waals surface area (Å²) in [6.45, 7) is 6.72. The van der Waals surface area contributed by atoms with E-state index in [4.69, 9.17) is 0 Å². The number of anilines is 1. The second kappa shape index (κ2) is 7.40. The number of piperazine rings is 1. The van der Waals surface area contributed by atoms with E-state index in [1.807, 2.05) is 31.2 Å². The van der Waals surface area contributed by atoms with E-state index in [-0.39, 0.29) is 11.8 Å². The molecular weight excluding hydrogens is 280 g/mol. The number of rotatable bonds is 6. The molecule has 1 saturated heterocycles. The highest BCUT2D eigenvalue weighted by Gasteiger charge is 2.28. The Kier molecular flexibility index (Phi) is 5.55. The van der Waals surface area contributed by atoms with Crippen molar-refractivity contribution in [3.63, 3.8) is 0 Å². The number of carbonyl (C=O) groups is 2. The van der Waals surface area contributed by atoms with Gasteiger partial charge in [0.15, 0.2) is 5.78 Å². The van der Waals surface area contributed by atoms with Crippen molar-refractivity contribution < 1.29 is 14.7 Å². The Bertz CT molecular complexity index is 519. The highest BCUT2D eigenvalue weighted by atomic mass is 16.4. The maximum atomic E-state index is 11.4. The quantitative estimate of drug-likeness (QED) is 0.817. The van der Waals surface area contributed by atoms with Crippen LogP contribution in [-0.2, 0) is 4.79 Å². The van der Waals surface area contributed by atoms with Crippen LogP contribution >= 0.6 is 0 Å². The molecule has 1 aliphatic heterocycles. The van der Waals surface area contributed by atoms with Crippen LogP contribution in [0, 0.1) is 0 Å². The summed E-state index contributed by atoms with van der Waals surface area (Å²) in [6, 6.07) is 7.26. The summed E-state index contributed by atoms with van der Waals surface area (Å²) in [7, 11) is 0. The number of Topliss-reactive ketones (excluding diaryl/α,β-unsaturated/α-hetero) is 1. The summed E-state index contributed by atoms with van der Waals surface area (Å²) in [6.07, 6.45) is 1.58. The summed E-state index contributed by atoms with van der Waals surface area (Å²) < 4.78 is 0. The lowest BCUT2D eigenvalue weighted by Crippen LogP contribution is -2.52. The molecule has 1 aromatic rings. The number of carboxylic acids is 1. The van der Waals surface area contributed by atoms with Gasteiger partial charge in [-0.1, -0.05) is 13.3 Å². The third-order valence-electron chi connectivity index (χ3n) is 4.24. The van der Waals surface area contributed by atoms with E-state index in [0.29, 0.717) is 6.42 Å². The van der Waals surface area contributed by atoms with Gasteiger partial charge in [-0.15, -0.1) is 0 Å². The smallest absolute Gasteiger partial charge is 0.320 e. The molecule has 22 heavy (non-hydrogen) atoms. The number of hydrogen-bond acceptors (Lipinski definition) is 4. The van der Waals surface area contributed by atoms with Gasteiger partial charge in [-0.3, -0.25) is 14.5 Å². The van der Waals surface area contributed by atoms with Gasteiger partial charge in [0.25, 0.3) is 0 Å². The molecule has 1 atom stereocenters. The molecule has 0 amide bonds. The topological polar surface area (TPSA) is 60.9 Å². The van der Waals surface area contributed by atoms with E-state index >= 15 is 0 Å². The van der Waals surface area contributed by atoms with Crippen LogP contribution in [0.2, 0.25) is 0 Å². The maximum absolute atomic E-state index is 11.4. The third kappa shape index (κ3) is 3.85. The van der Waals surface area contributed by atoms with E-state index < -0.39 is 5.97 Å². The molecule has 1 aromatic carbocycles. The molecule has 120 valence electrons. The van der Waals surface area contributed by atoms with Crippen molar-refractivity contribution in [2.24, 2.45) is 0 Å². The zero-order valence-electron chi connectivity index (χ0n) is 13.3. The average Bonchev–Trinajstić information content (AvgIpc) is 2.52. The van der Waals surface area contributed by atoms with Crippen LogP contribution < -0.4 is 4.90 Å². The number of carbonyl (C=O) groups excluding carboxylic acids is 1. The Labute approximate surface area is 131 Å². The number of aliphatic carboxylic acids is 1. The van der Waals surface area contributed by atoms with Crippen molar-refractivity contribution in [3.8, 4) is 0 Å². The third-order valence-corrected chi connectivity index (χ3v) is 4.24. The van der Waals surface area contributed by atoms with Gasteiger partial charge in [-0.25, -0.2) is 0 Å². The predicted molar refractivity (Wildman–Crippen MR) is 86.6 cm³/mol. The number of nitrogens with zero attached hydrogens (tertiary/aromatic N) is 2. The minimum absolute atomic E-state index is 0.0697. The van der Waals surface area contributed by atoms with Gasteiger partial charge in [-0.05, 0) is 37.6 Å². The summed E-state index contributed by atoms with van der Waals surface area (Å²) in [5, 5.41) is 9.33. The van der Waals surface area contributed by atoms with Crippen LogP contribution in [-0.4, -0.2) is 54.0 Å². The highest BCUT2D eigenvalue weighted by Crippen LogP contribution is 2.19. The molecule has 0 saturated carbocycles. The molecule has 0 spiro atoms. The molecule has 1 aliphatic rings. The Morgan fingerprint density at radius 2 is 1.73 bits per heavy atom. The lowest BCUT2D eigenvalue weighted by atomic mass is 10.1. The first-order chi connectivity index (χ1) is 10.5. The fourth-order valence-corrected chi connectivity index (χ4v) is 2.93. The van der Waals surface area contributed by atoms with E-state index in [1.165, 1.54) is 0 Å². The first-order valence-corrected chi connectivity index (χ1v) is 7.85. The second-order valence-electron chi connectivity index (χ2n) is 5.77. The van der Waals surface area contributed by atoms with Gasteiger partial charge >= 0.3 is 5.97 Å². The van der Waals surface area contributed by atoms with Crippen LogP contribution in [0.1, 0.15) is 37.0 Å². The summed E-state index contributed by atoms with van der Waals surface area (Å²) in [5.74, 6) is -0.652. The van der Waals surface area contributed by atoms with Crippen molar-refractivity contribution in [2.75, 3.05) is 31.1 Å². The Morgan fingerprint density at radius 3 is 2.18 bits per heavy atom. The first-order valence-electron chi connectivity index (χ1n) is 7.85. The number of benzene rings is 1. The van der Waals surface area contributed by atoms with Gasteiger partial charge in [0.05, 0.1) is 0 Å². The van der Waals surface area contributed by atoms with Crippen LogP contribution in [0.15, 0.2) is 24.3 Å². The monoisotopic (exact) mass is 304 g/mol. The minimum atomic E-state index is -0.721. The minimum Gasteiger partial charge on any atom is -0.480 e. The van der Waals surface area contributed by atoms with Gasteiger partial charge in [0.2, 0.25) is 0 Å². The SMILES string of the molecule is CCCC(C(=O)O)N1CCN(c2ccc(C(C)=O)cc2)CC1. The first kappa shape index (κ1) is 16.5. The average molecular weight is 304 g/mol. The molecule has 0 bridgehead atoms. The van der Waals surface area contributed by atoms with Gasteiger partial charge in [0, 0.05) is 37.4 Å². The molecule has 1 N–H and O–H groups in total. The standard InChI is InChI=1S/C17H24N2O3/c1-3-4-16(17(21)22)19-11-9-18(10-12-19)15-7-5-14(6-8-15)13(2)20/h5-8,16H,3-4,9-12H2,1-2H3,(H,21,22). The van der Waals surface area contributed by atoms with Gasteiger partial charge in [0.1, 0.15) is 6.04 Å². The van der Waals surface area contributed by atoms with Crippen LogP contribution in [0.3, 0.4) is 0 Å². The van der Waals surface area contributed by atoms with E-state index in [9.17, 15) is 14.7 Å². The number of hydrogen-bond donors (Lipinski definition) is 1. The van der Waals surface area contributed by atoms with Crippen molar-refractivity contribution in [1.29, 1.82) is 0 Å². The van der Waals surface area contributed by atoms with Crippen molar-refractivity contribution in [1.82, 2.24) is 4.90 Å². The Morgan fingerprint density at radius 1 is 1.14 bits per heavy atom. The Hall–Kier alpha value is -1.88. The number of carboxylic acid groups (broad SMARTS) is 1. The molecule has 5 nitrogen and oxygen atoms in total. The van der Waals surface area contributed by atoms with Gasteiger partial charge in [-0.2, -0.15) is 0 Å². The summed E-state index contributed by atoms with van der Waals surface area (Å²) in [4.78, 5) is 27.0.